The molecule has 0 aliphatic rings. The topological polar surface area (TPSA) is 70.0 Å². The lowest BCUT2D eigenvalue weighted by molar-refractivity contribution is -0.112. The predicted octanol–water partition coefficient (Wildman–Crippen LogP) is 3.69. The number of nitriles is 1. The van der Waals surface area contributed by atoms with E-state index in [0.717, 1.165) is 0 Å². The van der Waals surface area contributed by atoms with Gasteiger partial charge >= 0.3 is 0 Å². The first kappa shape index (κ1) is 15.0. The Bertz CT molecular complexity index is 749. The molecule has 0 unspecified atom stereocenters. The number of benzene rings is 2. The molecule has 0 atom stereocenters. The van der Waals surface area contributed by atoms with Gasteiger partial charge in [-0.25, -0.2) is 0 Å². The molecule has 2 rings (SSSR count). The zero-order chi connectivity index (χ0) is 15.4. The minimum absolute atomic E-state index is 0.0761. The van der Waals surface area contributed by atoms with E-state index >= 15 is 0 Å². The maximum absolute atomic E-state index is 12.0. The van der Waals surface area contributed by atoms with E-state index in [2.05, 4.69) is 5.32 Å². The van der Waals surface area contributed by atoms with Crippen molar-refractivity contribution < 1.29 is 9.59 Å². The second-order valence-corrected chi connectivity index (χ2v) is 4.94. The van der Waals surface area contributed by atoms with Crippen LogP contribution in [0.15, 0.2) is 42.5 Å². The minimum atomic E-state index is -0.816. The molecule has 1 amide bonds. The molecule has 0 radical (unpaired) electrons. The molecule has 0 aromatic heterocycles. The molecule has 0 aliphatic heterocycles. The maximum Gasteiger partial charge on any atom is 0.296 e. The number of Topliss-reactive ketones (excluding diaryl/α,β-unsaturated/α-hetero) is 1. The number of hydrogen-bond acceptors (Lipinski definition) is 3. The van der Waals surface area contributed by atoms with E-state index in [1.807, 2.05) is 6.07 Å². The van der Waals surface area contributed by atoms with Gasteiger partial charge in [0.1, 0.15) is 0 Å². The lowest BCUT2D eigenvalue weighted by atomic mass is 10.1. The van der Waals surface area contributed by atoms with Gasteiger partial charge in [0.25, 0.3) is 11.7 Å². The number of anilines is 1. The van der Waals surface area contributed by atoms with Crippen molar-refractivity contribution in [3.63, 3.8) is 0 Å². The average Bonchev–Trinajstić information content (AvgIpc) is 2.47. The van der Waals surface area contributed by atoms with Crippen molar-refractivity contribution in [2.75, 3.05) is 5.32 Å². The van der Waals surface area contributed by atoms with Gasteiger partial charge in [0, 0.05) is 16.3 Å². The third-order valence-corrected chi connectivity index (χ3v) is 3.20. The highest BCUT2D eigenvalue weighted by molar-refractivity contribution is 6.50. The Kier molecular flexibility index (Phi) is 4.59. The number of carbonyl (C=O) groups is 2. The predicted molar refractivity (Wildman–Crippen MR) is 80.6 cm³/mol. The lowest BCUT2D eigenvalue weighted by Crippen LogP contribution is -2.23. The Morgan fingerprint density at radius 3 is 2.29 bits per heavy atom. The van der Waals surface area contributed by atoms with Crippen LogP contribution < -0.4 is 5.32 Å². The number of ketones is 1. The van der Waals surface area contributed by atoms with Crippen molar-refractivity contribution >= 4 is 40.6 Å². The normalized spacial score (nSPS) is 9.76. The number of hydrogen-bond donors (Lipinski definition) is 1. The molecule has 0 aliphatic carbocycles. The highest BCUT2D eigenvalue weighted by Crippen LogP contribution is 2.21. The van der Waals surface area contributed by atoms with Gasteiger partial charge in [0.2, 0.25) is 0 Å². The van der Waals surface area contributed by atoms with E-state index in [9.17, 15) is 9.59 Å². The summed E-state index contributed by atoms with van der Waals surface area (Å²) in [6.45, 7) is 0. The van der Waals surface area contributed by atoms with Crippen LogP contribution in [0.3, 0.4) is 0 Å². The van der Waals surface area contributed by atoms with Gasteiger partial charge in [0.15, 0.2) is 0 Å². The molecule has 0 heterocycles. The van der Waals surface area contributed by atoms with E-state index in [1.165, 1.54) is 42.5 Å². The molecule has 4 nitrogen and oxygen atoms in total. The first-order valence-electron chi connectivity index (χ1n) is 5.82. The highest BCUT2D eigenvalue weighted by Gasteiger charge is 2.19. The first-order chi connectivity index (χ1) is 10.0. The van der Waals surface area contributed by atoms with Crippen LogP contribution in [-0.4, -0.2) is 11.7 Å². The van der Waals surface area contributed by atoms with Gasteiger partial charge in [-0.1, -0.05) is 23.2 Å². The summed E-state index contributed by atoms with van der Waals surface area (Å²) in [4.78, 5) is 23.9. The molecule has 104 valence electrons. The fourth-order valence-corrected chi connectivity index (χ4v) is 2.11. The largest absolute Gasteiger partial charge is 0.319 e. The molecule has 0 saturated carbocycles. The molecule has 2 aromatic rings. The molecule has 0 fully saturated rings. The SMILES string of the molecule is N#Cc1ccc(NC(=O)C(=O)c2ccc(Cl)cc2Cl)cc1. The summed E-state index contributed by atoms with van der Waals surface area (Å²) in [5, 5.41) is 11.6. The molecule has 6 heteroatoms. The zero-order valence-electron chi connectivity index (χ0n) is 10.6. The van der Waals surface area contributed by atoms with E-state index in [0.29, 0.717) is 16.3 Å². The molecular weight excluding hydrogens is 311 g/mol. The third kappa shape index (κ3) is 3.60. The number of halogens is 2. The van der Waals surface area contributed by atoms with Crippen molar-refractivity contribution in [3.8, 4) is 6.07 Å². The van der Waals surface area contributed by atoms with Crippen LogP contribution in [0.5, 0.6) is 0 Å². The lowest BCUT2D eigenvalue weighted by Gasteiger charge is -2.06. The standard InChI is InChI=1S/C15H8Cl2N2O2/c16-10-3-6-12(13(17)7-10)14(20)15(21)19-11-4-1-9(8-18)2-5-11/h1-7H,(H,19,21). The second-order valence-electron chi connectivity index (χ2n) is 4.10. The van der Waals surface area contributed by atoms with Crippen molar-refractivity contribution in [2.24, 2.45) is 0 Å². The average molecular weight is 319 g/mol. The monoisotopic (exact) mass is 318 g/mol. The molecule has 2 aromatic carbocycles. The van der Waals surface area contributed by atoms with Crippen molar-refractivity contribution in [1.82, 2.24) is 0 Å². The molecule has 1 N–H and O–H groups in total. The van der Waals surface area contributed by atoms with Crippen LogP contribution in [-0.2, 0) is 4.79 Å². The van der Waals surface area contributed by atoms with Crippen molar-refractivity contribution in [3.05, 3.63) is 63.6 Å². The molecular formula is C15H8Cl2N2O2. The van der Waals surface area contributed by atoms with Crippen molar-refractivity contribution in [1.29, 1.82) is 5.26 Å². The summed E-state index contributed by atoms with van der Waals surface area (Å²) in [6.07, 6.45) is 0. The van der Waals surface area contributed by atoms with Crippen LogP contribution in [0.25, 0.3) is 0 Å². The van der Waals surface area contributed by atoms with E-state index < -0.39 is 11.7 Å². The Balaban J connectivity index is 2.15. The van der Waals surface area contributed by atoms with Crippen LogP contribution in [0.2, 0.25) is 10.0 Å². The highest BCUT2D eigenvalue weighted by atomic mass is 35.5. The zero-order valence-corrected chi connectivity index (χ0v) is 12.1. The van der Waals surface area contributed by atoms with Crippen LogP contribution in [0, 0.1) is 11.3 Å². The van der Waals surface area contributed by atoms with Gasteiger partial charge in [-0.3, -0.25) is 9.59 Å². The van der Waals surface area contributed by atoms with E-state index in [1.54, 1.807) is 0 Å². The minimum Gasteiger partial charge on any atom is -0.319 e. The Hall–Kier alpha value is -2.35. The Morgan fingerprint density at radius 2 is 1.71 bits per heavy atom. The Labute approximate surface area is 130 Å². The summed E-state index contributed by atoms with van der Waals surface area (Å²) in [5.41, 5.74) is 0.949. The summed E-state index contributed by atoms with van der Waals surface area (Å²) >= 11 is 11.6. The number of nitrogens with one attached hydrogen (secondary N) is 1. The maximum atomic E-state index is 12.0. The quantitative estimate of drug-likeness (QED) is 0.693. The molecule has 0 bridgehead atoms. The van der Waals surface area contributed by atoms with Gasteiger partial charge in [-0.05, 0) is 42.5 Å². The first-order valence-corrected chi connectivity index (χ1v) is 6.58. The second kappa shape index (κ2) is 6.40. The fourth-order valence-electron chi connectivity index (χ4n) is 1.61. The van der Waals surface area contributed by atoms with E-state index in [4.69, 9.17) is 28.5 Å². The summed E-state index contributed by atoms with van der Waals surface area (Å²) in [7, 11) is 0. The molecule has 0 saturated heterocycles. The van der Waals surface area contributed by atoms with Crippen LogP contribution >= 0.6 is 23.2 Å². The van der Waals surface area contributed by atoms with Gasteiger partial charge in [-0.15, -0.1) is 0 Å². The Morgan fingerprint density at radius 1 is 1.05 bits per heavy atom. The van der Waals surface area contributed by atoms with Gasteiger partial charge < -0.3 is 5.32 Å². The van der Waals surface area contributed by atoms with Crippen LogP contribution in [0.1, 0.15) is 15.9 Å². The van der Waals surface area contributed by atoms with E-state index in [-0.39, 0.29) is 10.6 Å². The van der Waals surface area contributed by atoms with Gasteiger partial charge in [-0.2, -0.15) is 5.26 Å². The fraction of sp³-hybridized carbons (Fsp3) is 0. The van der Waals surface area contributed by atoms with Gasteiger partial charge in [0.05, 0.1) is 16.7 Å². The van der Waals surface area contributed by atoms with Crippen molar-refractivity contribution in [2.45, 2.75) is 0 Å². The number of amides is 1. The molecule has 0 spiro atoms. The number of nitrogens with zero attached hydrogens (tertiary/aromatic N) is 1. The third-order valence-electron chi connectivity index (χ3n) is 2.65. The smallest absolute Gasteiger partial charge is 0.296 e. The number of rotatable bonds is 3. The summed E-state index contributed by atoms with van der Waals surface area (Å²) in [6, 6.07) is 12.4. The number of carbonyl (C=O) groups excluding carboxylic acids is 2. The summed E-state index contributed by atoms with van der Waals surface area (Å²) in [5.74, 6) is -1.58. The molecule has 21 heavy (non-hydrogen) atoms. The summed E-state index contributed by atoms with van der Waals surface area (Å²) < 4.78 is 0. The van der Waals surface area contributed by atoms with Crippen LogP contribution in [0.4, 0.5) is 5.69 Å².